The molecule has 2 amide bonds. The van der Waals surface area contributed by atoms with Crippen molar-refractivity contribution in [2.75, 3.05) is 26.9 Å². The number of nitrogens with zero attached hydrogens (tertiary/aromatic N) is 1. The predicted molar refractivity (Wildman–Crippen MR) is 133 cm³/mol. The van der Waals surface area contributed by atoms with Crippen molar-refractivity contribution in [2.24, 2.45) is 5.92 Å². The smallest absolute Gasteiger partial charge is 0.306 e. The van der Waals surface area contributed by atoms with Crippen LogP contribution in [0, 0.1) is 5.92 Å². The fourth-order valence-electron chi connectivity index (χ4n) is 4.30. The second kappa shape index (κ2) is 15.1. The third-order valence-corrected chi connectivity index (χ3v) is 6.13. The first-order valence-electron chi connectivity index (χ1n) is 12.1. The molecule has 0 aromatic heterocycles. The van der Waals surface area contributed by atoms with Crippen molar-refractivity contribution in [1.29, 1.82) is 0 Å². The molecule has 8 nitrogen and oxygen atoms in total. The molecule has 35 heavy (non-hydrogen) atoms. The first kappa shape index (κ1) is 28.3. The van der Waals surface area contributed by atoms with Crippen LogP contribution >= 0.6 is 0 Å². The van der Waals surface area contributed by atoms with Gasteiger partial charge in [-0.2, -0.15) is 0 Å². The zero-order chi connectivity index (χ0) is 25.6. The van der Waals surface area contributed by atoms with E-state index < -0.39 is 24.0 Å². The number of rotatable bonds is 15. The number of methoxy groups -OCH3 is 1. The summed E-state index contributed by atoms with van der Waals surface area (Å²) >= 11 is 0. The number of ether oxygens (including phenoxy) is 2. The van der Waals surface area contributed by atoms with E-state index in [4.69, 9.17) is 9.47 Å². The summed E-state index contributed by atoms with van der Waals surface area (Å²) < 4.78 is 11.1. The molecular weight excluding hydrogens is 448 g/mol. The normalized spacial score (nSPS) is 17.8. The average molecular weight is 487 g/mol. The van der Waals surface area contributed by atoms with Gasteiger partial charge < -0.3 is 24.8 Å². The van der Waals surface area contributed by atoms with Crippen molar-refractivity contribution >= 4 is 17.8 Å². The number of nitrogens with one attached hydrogen (secondary N) is 1. The fourth-order valence-corrected chi connectivity index (χ4v) is 4.30. The molecule has 0 aliphatic carbocycles. The van der Waals surface area contributed by atoms with Gasteiger partial charge in [0.1, 0.15) is 6.10 Å². The van der Waals surface area contributed by atoms with Crippen molar-refractivity contribution in [3.63, 3.8) is 0 Å². The number of aliphatic hydroxyl groups excluding tert-OH is 1. The second-order valence-corrected chi connectivity index (χ2v) is 8.71. The summed E-state index contributed by atoms with van der Waals surface area (Å²) in [6.45, 7) is 7.97. The number of aliphatic hydroxyl groups is 1. The maximum Gasteiger partial charge on any atom is 0.306 e. The highest BCUT2D eigenvalue weighted by Crippen LogP contribution is 2.25. The largest absolute Gasteiger partial charge is 0.455 e. The fraction of sp³-hybridized carbons (Fsp3) is 0.519. The molecule has 1 aliphatic rings. The number of amides is 2. The highest BCUT2D eigenvalue weighted by atomic mass is 16.5. The molecule has 0 saturated carbocycles. The third kappa shape index (κ3) is 8.64. The highest BCUT2D eigenvalue weighted by Gasteiger charge is 2.34. The number of carbonyl (C=O) groups excluding carboxylic acids is 3. The van der Waals surface area contributed by atoms with E-state index in [1.54, 1.807) is 17.1 Å². The standard InChI is InChI=1S/C27H38N2O6/c1-4-6-15-25(32)35-26(20-12-8-7-9-13-20)23(19-34-3)28-27(33)21(11-5-2)17-24(31)29-16-10-14-22(29)18-30/h4-5,7-9,12-13,21-23,26,30H,1-2,6,10-11,14-19H2,3H3,(H,28,33)/t21-,22-,23-,26-/m0/s1. The number of esters is 1. The number of hydrogen-bond acceptors (Lipinski definition) is 6. The molecule has 1 heterocycles. The Bertz CT molecular complexity index is 843. The summed E-state index contributed by atoms with van der Waals surface area (Å²) in [6, 6.07) is 8.31. The van der Waals surface area contributed by atoms with Crippen LogP contribution < -0.4 is 5.32 Å². The summed E-state index contributed by atoms with van der Waals surface area (Å²) in [7, 11) is 1.51. The molecule has 2 N–H and O–H groups in total. The van der Waals surface area contributed by atoms with Crippen LogP contribution in [0.1, 0.15) is 50.2 Å². The van der Waals surface area contributed by atoms with Crippen molar-refractivity contribution in [1.82, 2.24) is 10.2 Å². The van der Waals surface area contributed by atoms with Gasteiger partial charge in [0.2, 0.25) is 11.8 Å². The lowest BCUT2D eigenvalue weighted by Crippen LogP contribution is -2.47. The molecule has 1 aromatic rings. The molecular formula is C27H38N2O6. The van der Waals surface area contributed by atoms with E-state index in [1.807, 2.05) is 30.3 Å². The number of allylic oxidation sites excluding steroid dienone is 2. The molecule has 192 valence electrons. The molecule has 1 fully saturated rings. The Kier molecular flexibility index (Phi) is 12.2. The number of hydrogen-bond donors (Lipinski definition) is 2. The van der Waals surface area contributed by atoms with Crippen LogP contribution in [0.15, 0.2) is 55.6 Å². The van der Waals surface area contributed by atoms with Gasteiger partial charge in [0, 0.05) is 26.5 Å². The van der Waals surface area contributed by atoms with Crippen molar-refractivity contribution < 1.29 is 29.0 Å². The van der Waals surface area contributed by atoms with Gasteiger partial charge in [-0.3, -0.25) is 14.4 Å². The average Bonchev–Trinajstić information content (AvgIpc) is 3.35. The topological polar surface area (TPSA) is 105 Å². The van der Waals surface area contributed by atoms with E-state index in [0.717, 1.165) is 18.4 Å². The minimum Gasteiger partial charge on any atom is -0.455 e. The van der Waals surface area contributed by atoms with Gasteiger partial charge in [-0.25, -0.2) is 0 Å². The molecule has 0 radical (unpaired) electrons. The Balaban J connectivity index is 2.19. The lowest BCUT2D eigenvalue weighted by molar-refractivity contribution is -0.153. The Morgan fingerprint density at radius 2 is 1.97 bits per heavy atom. The Morgan fingerprint density at radius 1 is 1.23 bits per heavy atom. The van der Waals surface area contributed by atoms with Gasteiger partial charge in [0.15, 0.2) is 0 Å². The SMILES string of the molecule is C=CCCC(=O)O[C@@H](c1ccccc1)[C@H](COC)NC(=O)[C@@H](CC=C)CC(=O)N1CCC[C@H]1CO. The lowest BCUT2D eigenvalue weighted by atomic mass is 9.97. The van der Waals surface area contributed by atoms with Gasteiger partial charge in [-0.15, -0.1) is 13.2 Å². The predicted octanol–water partition coefficient (Wildman–Crippen LogP) is 2.93. The van der Waals surface area contributed by atoms with Crippen LogP contribution in [0.4, 0.5) is 0 Å². The highest BCUT2D eigenvalue weighted by molar-refractivity contribution is 5.86. The summed E-state index contributed by atoms with van der Waals surface area (Å²) in [5.74, 6) is -1.56. The minimum absolute atomic E-state index is 0.00316. The van der Waals surface area contributed by atoms with Crippen molar-refractivity contribution in [2.45, 2.75) is 56.7 Å². The molecule has 1 saturated heterocycles. The van der Waals surface area contributed by atoms with Gasteiger partial charge in [-0.1, -0.05) is 42.5 Å². The monoisotopic (exact) mass is 486 g/mol. The maximum absolute atomic E-state index is 13.3. The first-order valence-corrected chi connectivity index (χ1v) is 12.1. The van der Waals surface area contributed by atoms with Gasteiger partial charge in [-0.05, 0) is 31.2 Å². The van der Waals surface area contributed by atoms with E-state index in [-0.39, 0.29) is 43.9 Å². The number of carbonyl (C=O) groups is 3. The second-order valence-electron chi connectivity index (χ2n) is 8.71. The van der Waals surface area contributed by atoms with E-state index in [9.17, 15) is 19.5 Å². The van der Waals surface area contributed by atoms with E-state index in [2.05, 4.69) is 18.5 Å². The van der Waals surface area contributed by atoms with E-state index in [1.165, 1.54) is 7.11 Å². The minimum atomic E-state index is -0.769. The molecule has 1 aliphatic heterocycles. The molecule has 1 aromatic carbocycles. The van der Waals surface area contributed by atoms with E-state index >= 15 is 0 Å². The molecule has 2 rings (SSSR count). The summed E-state index contributed by atoms with van der Waals surface area (Å²) in [5, 5.41) is 12.5. The van der Waals surface area contributed by atoms with Crippen LogP contribution in [0.5, 0.6) is 0 Å². The Morgan fingerprint density at radius 3 is 2.60 bits per heavy atom. The Hall–Kier alpha value is -2.97. The summed E-state index contributed by atoms with van der Waals surface area (Å²) in [6.07, 6.45) is 5.05. The first-order chi connectivity index (χ1) is 16.9. The quantitative estimate of drug-likeness (QED) is 0.292. The maximum atomic E-state index is 13.3. The number of benzene rings is 1. The zero-order valence-electron chi connectivity index (χ0n) is 20.6. The van der Waals surface area contributed by atoms with Crippen LogP contribution in [-0.2, 0) is 23.9 Å². The van der Waals surface area contributed by atoms with Crippen LogP contribution in [0.2, 0.25) is 0 Å². The Labute approximate surface area is 208 Å². The summed E-state index contributed by atoms with van der Waals surface area (Å²) in [4.78, 5) is 40.4. The molecule has 0 unspecified atom stereocenters. The third-order valence-electron chi connectivity index (χ3n) is 6.13. The number of likely N-dealkylation sites (tertiary alicyclic amines) is 1. The van der Waals surface area contributed by atoms with Crippen molar-refractivity contribution in [3.05, 3.63) is 61.2 Å². The zero-order valence-corrected chi connectivity index (χ0v) is 20.6. The van der Waals surface area contributed by atoms with Gasteiger partial charge in [0.05, 0.1) is 31.2 Å². The van der Waals surface area contributed by atoms with Gasteiger partial charge >= 0.3 is 5.97 Å². The lowest BCUT2D eigenvalue weighted by Gasteiger charge is -2.30. The summed E-state index contributed by atoms with van der Waals surface area (Å²) in [5.41, 5.74) is 0.723. The molecule has 0 bridgehead atoms. The van der Waals surface area contributed by atoms with Gasteiger partial charge in [0.25, 0.3) is 0 Å². The molecule has 0 spiro atoms. The molecule has 4 atom stereocenters. The molecule has 8 heteroatoms. The van der Waals surface area contributed by atoms with Crippen LogP contribution in [-0.4, -0.2) is 66.7 Å². The van der Waals surface area contributed by atoms with Crippen LogP contribution in [0.3, 0.4) is 0 Å². The van der Waals surface area contributed by atoms with Crippen LogP contribution in [0.25, 0.3) is 0 Å². The van der Waals surface area contributed by atoms with E-state index in [0.29, 0.717) is 19.4 Å². The van der Waals surface area contributed by atoms with Crippen molar-refractivity contribution in [3.8, 4) is 0 Å².